The zero-order valence-electron chi connectivity index (χ0n) is 24.0. The van der Waals surface area contributed by atoms with Gasteiger partial charge in [0, 0.05) is 48.8 Å². The number of piperazine rings is 1. The first-order valence-corrected chi connectivity index (χ1v) is 15.1. The van der Waals surface area contributed by atoms with Crippen molar-refractivity contribution in [2.24, 2.45) is 0 Å². The lowest BCUT2D eigenvalue weighted by Crippen LogP contribution is -2.55. The molecule has 0 bridgehead atoms. The van der Waals surface area contributed by atoms with E-state index >= 15 is 0 Å². The molecule has 1 saturated heterocycles. The van der Waals surface area contributed by atoms with Crippen molar-refractivity contribution in [3.8, 4) is 0 Å². The highest BCUT2D eigenvalue weighted by Gasteiger charge is 2.37. The van der Waals surface area contributed by atoms with Gasteiger partial charge in [0.25, 0.3) is 0 Å². The molecule has 0 saturated carbocycles. The summed E-state index contributed by atoms with van der Waals surface area (Å²) in [6.45, 7) is 7.97. The van der Waals surface area contributed by atoms with Crippen LogP contribution in [0, 0.1) is 5.82 Å². The summed E-state index contributed by atoms with van der Waals surface area (Å²) in [7, 11) is 0.0265. The largest absolute Gasteiger partial charge is 0.444 e. The number of benzene rings is 2. The van der Waals surface area contributed by atoms with Crippen LogP contribution >= 0.6 is 10.9 Å². The number of alkyl halides is 3. The Morgan fingerprint density at radius 3 is 2.36 bits per heavy atom. The second-order valence-corrected chi connectivity index (χ2v) is 13.9. The summed E-state index contributed by atoms with van der Waals surface area (Å²) in [5, 5.41) is 0.198. The molecule has 3 aromatic rings. The van der Waals surface area contributed by atoms with Crippen LogP contribution in [0.5, 0.6) is 0 Å². The van der Waals surface area contributed by atoms with Crippen molar-refractivity contribution in [2.75, 3.05) is 37.4 Å². The van der Waals surface area contributed by atoms with Crippen LogP contribution in [-0.2, 0) is 22.2 Å². The molecule has 5 rings (SSSR count). The molecule has 2 aliphatic heterocycles. The number of ether oxygens (including phenoxy) is 2. The molecule has 13 heteroatoms. The summed E-state index contributed by atoms with van der Waals surface area (Å²) in [5.74, 6) is 0.0264. The van der Waals surface area contributed by atoms with Crippen LogP contribution in [0.4, 0.5) is 28.2 Å². The third-order valence-corrected chi connectivity index (χ3v) is 10.1. The number of halogens is 4. The third kappa shape index (κ3) is 5.94. The number of methoxy groups -OCH3 is 1. The molecule has 42 heavy (non-hydrogen) atoms. The maximum atomic E-state index is 14.4. The Kier molecular flexibility index (Phi) is 7.94. The number of hydrogen-bond acceptors (Lipinski definition) is 6. The number of amides is 1. The third-order valence-electron chi connectivity index (χ3n) is 7.45. The highest BCUT2D eigenvalue weighted by Crippen LogP contribution is 2.52. The van der Waals surface area contributed by atoms with Gasteiger partial charge in [-0.15, -0.1) is 0 Å². The lowest BCUT2D eigenvalue weighted by atomic mass is 10.1. The van der Waals surface area contributed by atoms with Crippen molar-refractivity contribution in [1.29, 1.82) is 0 Å². The SMILES string of the molecule is CO[C@@H]1Cn2c(=O)nc(N3CCN(C(=O)OC(C)(C)C)C[C@@H]3C)c3cc(C(F)(F)F)cc(c32)[SH](c2ccc(F)cc2)C1. The fourth-order valence-electron chi connectivity index (χ4n) is 5.48. The Balaban J connectivity index is 1.68. The molecule has 0 spiro atoms. The van der Waals surface area contributed by atoms with Crippen LogP contribution in [0.25, 0.3) is 10.9 Å². The van der Waals surface area contributed by atoms with E-state index in [-0.39, 0.29) is 43.4 Å². The van der Waals surface area contributed by atoms with Crippen LogP contribution < -0.4 is 10.6 Å². The summed E-state index contributed by atoms with van der Waals surface area (Å²) >= 11 is 0. The van der Waals surface area contributed by atoms with Gasteiger partial charge in [0.05, 0.1) is 23.7 Å². The average Bonchev–Trinajstić information content (AvgIpc) is 3.07. The van der Waals surface area contributed by atoms with Crippen LogP contribution in [-0.4, -0.2) is 70.8 Å². The molecule has 1 amide bonds. The molecule has 228 valence electrons. The second kappa shape index (κ2) is 11.1. The zero-order chi connectivity index (χ0) is 30.6. The van der Waals surface area contributed by atoms with Crippen LogP contribution in [0.2, 0.25) is 0 Å². The smallest absolute Gasteiger partial charge is 0.416 e. The Hall–Kier alpha value is -3.32. The lowest BCUT2D eigenvalue weighted by molar-refractivity contribution is -0.137. The van der Waals surface area contributed by atoms with E-state index < -0.39 is 51.9 Å². The molecular formula is C29H34F4N4O4S. The van der Waals surface area contributed by atoms with E-state index in [1.54, 1.807) is 42.7 Å². The monoisotopic (exact) mass is 610 g/mol. The van der Waals surface area contributed by atoms with Crippen molar-refractivity contribution >= 4 is 33.7 Å². The molecule has 1 aromatic heterocycles. The molecule has 0 N–H and O–H groups in total. The minimum Gasteiger partial charge on any atom is -0.444 e. The number of hydrogen-bond donors (Lipinski definition) is 1. The van der Waals surface area contributed by atoms with Gasteiger partial charge in [-0.2, -0.15) is 29.1 Å². The Labute approximate surface area is 243 Å². The molecule has 0 aliphatic carbocycles. The van der Waals surface area contributed by atoms with E-state index in [0.29, 0.717) is 21.1 Å². The minimum atomic E-state index is -4.67. The number of aromatic nitrogens is 2. The Morgan fingerprint density at radius 1 is 1.07 bits per heavy atom. The van der Waals surface area contributed by atoms with Gasteiger partial charge in [-0.3, -0.25) is 4.57 Å². The molecular weight excluding hydrogens is 576 g/mol. The van der Waals surface area contributed by atoms with E-state index in [1.165, 1.54) is 23.8 Å². The molecule has 2 aliphatic rings. The summed E-state index contributed by atoms with van der Waals surface area (Å²) < 4.78 is 69.4. The number of carbonyl (C=O) groups is 1. The van der Waals surface area contributed by atoms with Crippen molar-refractivity contribution in [2.45, 2.75) is 68.0 Å². The highest BCUT2D eigenvalue weighted by atomic mass is 32.2. The van der Waals surface area contributed by atoms with Gasteiger partial charge >= 0.3 is 18.0 Å². The summed E-state index contributed by atoms with van der Waals surface area (Å²) in [6, 6.07) is 7.51. The van der Waals surface area contributed by atoms with Gasteiger partial charge in [0.15, 0.2) is 0 Å². The molecule has 8 nitrogen and oxygen atoms in total. The summed E-state index contributed by atoms with van der Waals surface area (Å²) in [4.78, 5) is 35.0. The van der Waals surface area contributed by atoms with E-state index in [9.17, 15) is 27.2 Å². The predicted molar refractivity (Wildman–Crippen MR) is 153 cm³/mol. The number of nitrogens with zero attached hydrogens (tertiary/aromatic N) is 4. The van der Waals surface area contributed by atoms with Crippen molar-refractivity contribution in [1.82, 2.24) is 14.5 Å². The van der Waals surface area contributed by atoms with Gasteiger partial charge < -0.3 is 19.3 Å². The zero-order valence-corrected chi connectivity index (χ0v) is 24.9. The van der Waals surface area contributed by atoms with E-state index in [2.05, 4.69) is 4.98 Å². The highest BCUT2D eigenvalue weighted by molar-refractivity contribution is 8.17. The Bertz CT molecular complexity index is 1550. The van der Waals surface area contributed by atoms with Gasteiger partial charge in [0.2, 0.25) is 0 Å². The first kappa shape index (κ1) is 30.1. The molecule has 0 radical (unpaired) electrons. The maximum absolute atomic E-state index is 14.4. The molecule has 1 fully saturated rings. The minimum absolute atomic E-state index is 0.111. The van der Waals surface area contributed by atoms with Crippen LogP contribution in [0.15, 0.2) is 51.0 Å². The maximum Gasteiger partial charge on any atom is 0.416 e. The van der Waals surface area contributed by atoms with Crippen molar-refractivity contribution < 1.29 is 31.8 Å². The van der Waals surface area contributed by atoms with E-state index in [4.69, 9.17) is 9.47 Å². The number of anilines is 1. The predicted octanol–water partition coefficient (Wildman–Crippen LogP) is 5.45. The molecule has 3 heterocycles. The summed E-state index contributed by atoms with van der Waals surface area (Å²) in [5.41, 5.74) is -1.77. The van der Waals surface area contributed by atoms with Crippen LogP contribution in [0.1, 0.15) is 33.3 Å². The first-order valence-electron chi connectivity index (χ1n) is 13.6. The van der Waals surface area contributed by atoms with E-state index in [0.717, 1.165) is 12.1 Å². The van der Waals surface area contributed by atoms with Crippen molar-refractivity contribution in [3.63, 3.8) is 0 Å². The molecule has 3 atom stereocenters. The normalized spacial score (nSPS) is 22.3. The van der Waals surface area contributed by atoms with Gasteiger partial charge in [-0.1, -0.05) is 0 Å². The second-order valence-electron chi connectivity index (χ2n) is 11.6. The molecule has 1 unspecified atom stereocenters. The van der Waals surface area contributed by atoms with Crippen molar-refractivity contribution in [3.05, 3.63) is 58.3 Å². The fraction of sp³-hybridized carbons (Fsp3) is 0.483. The lowest BCUT2D eigenvalue weighted by Gasteiger charge is -2.41. The number of rotatable bonds is 3. The van der Waals surface area contributed by atoms with E-state index in [1.807, 2.05) is 6.92 Å². The average molecular weight is 611 g/mol. The van der Waals surface area contributed by atoms with Gasteiger partial charge in [-0.25, -0.2) is 14.0 Å². The van der Waals surface area contributed by atoms with Gasteiger partial charge in [-0.05, 0) is 69.0 Å². The Morgan fingerprint density at radius 2 is 1.76 bits per heavy atom. The standard InChI is InChI=1S/C29H34F4N4O4S/c1-17-14-35(27(39)41-28(2,3)4)10-11-36(17)25-22-12-18(29(31,32)33)13-23-24(22)37(26(38)34-25)15-20(40-5)16-42(23)21-8-6-19(30)7-9-21/h6-9,12-13,17,20,42H,10-11,14-16H2,1-5H3/t17-,20+/m0/s1. The van der Waals surface area contributed by atoms with Gasteiger partial charge in [0.1, 0.15) is 17.2 Å². The number of thiol groups is 1. The molecule has 2 aromatic carbocycles. The fourth-order valence-corrected chi connectivity index (χ4v) is 8.14. The summed E-state index contributed by atoms with van der Waals surface area (Å²) in [6.07, 6.45) is -5.63. The number of carbonyl (C=O) groups excluding carboxylic acids is 1. The quantitative estimate of drug-likeness (QED) is 0.314. The topological polar surface area (TPSA) is 76.9 Å². The first-order chi connectivity index (χ1) is 19.7. The van der Waals surface area contributed by atoms with Crippen LogP contribution in [0.3, 0.4) is 0 Å².